The highest BCUT2D eigenvalue weighted by atomic mass is 16.5. The minimum Gasteiger partial charge on any atom is -0.489 e. The molecule has 1 aromatic rings. The molecule has 0 bridgehead atoms. The molecule has 3 unspecified atom stereocenters. The number of likely N-dealkylation sites (tertiary alicyclic amines) is 1. The van der Waals surface area contributed by atoms with Gasteiger partial charge in [0, 0.05) is 18.5 Å². The molecule has 1 saturated heterocycles. The highest BCUT2D eigenvalue weighted by Crippen LogP contribution is 2.66. The summed E-state index contributed by atoms with van der Waals surface area (Å²) >= 11 is 0. The zero-order chi connectivity index (χ0) is 22.0. The van der Waals surface area contributed by atoms with Gasteiger partial charge >= 0.3 is 0 Å². The summed E-state index contributed by atoms with van der Waals surface area (Å²) < 4.78 is 6.61. The molecule has 4 heteroatoms. The van der Waals surface area contributed by atoms with E-state index in [2.05, 4.69) is 26.8 Å². The van der Waals surface area contributed by atoms with Gasteiger partial charge in [0.1, 0.15) is 11.9 Å². The van der Waals surface area contributed by atoms with Crippen LogP contribution in [0.3, 0.4) is 0 Å². The molecule has 1 heterocycles. The van der Waals surface area contributed by atoms with Crippen molar-refractivity contribution in [3.8, 4) is 11.8 Å². The zero-order valence-corrected chi connectivity index (χ0v) is 19.4. The average molecular weight is 421 g/mol. The Balaban J connectivity index is 1.52. The second-order valence-electron chi connectivity index (χ2n) is 11.4. The normalized spacial score (nSPS) is 44.1. The van der Waals surface area contributed by atoms with Crippen LogP contribution < -0.4 is 4.74 Å². The van der Waals surface area contributed by atoms with Crippen molar-refractivity contribution in [2.24, 2.45) is 34.5 Å². The lowest BCUT2D eigenvalue weighted by Gasteiger charge is -2.64. The highest BCUT2D eigenvalue weighted by Gasteiger charge is 2.64. The van der Waals surface area contributed by atoms with Crippen LogP contribution >= 0.6 is 0 Å². The Morgan fingerprint density at radius 3 is 2.58 bits per heavy atom. The third-order valence-electron chi connectivity index (χ3n) is 10.1. The number of carbonyl (C=O) groups excluding carboxylic acids is 1. The minimum atomic E-state index is -0.111. The molecule has 1 amide bonds. The lowest BCUT2D eigenvalue weighted by Crippen LogP contribution is -2.68. The van der Waals surface area contributed by atoms with Gasteiger partial charge in [-0.2, -0.15) is 5.26 Å². The van der Waals surface area contributed by atoms with Gasteiger partial charge in [0.15, 0.2) is 0 Å². The quantitative estimate of drug-likeness (QED) is 0.642. The van der Waals surface area contributed by atoms with Gasteiger partial charge in [-0.15, -0.1) is 0 Å². The van der Waals surface area contributed by atoms with Crippen molar-refractivity contribution < 1.29 is 9.53 Å². The van der Waals surface area contributed by atoms with Crippen LogP contribution in [0.4, 0.5) is 0 Å². The molecule has 4 aliphatic rings. The first kappa shape index (κ1) is 20.9. The van der Waals surface area contributed by atoms with Crippen LogP contribution in [0.25, 0.3) is 0 Å². The van der Waals surface area contributed by atoms with E-state index in [1.54, 1.807) is 0 Å². The lowest BCUT2D eigenvalue weighted by atomic mass is 9.44. The molecule has 0 spiro atoms. The standard InChI is InChI=1S/C27H36N2O2/c1-17-14-22-27(3,21-11-13-26(2)12-5-6-20(26)25(17)21)23(15-24(30)29(22)4)31-19-9-7-18(16-28)8-10-19/h7-10,17,20-23,25H,5-6,11-15H2,1-4H3/t17?,20-,21+,22?,23?,25-,26-,27+/m0/s1. The molecule has 3 saturated carbocycles. The predicted molar refractivity (Wildman–Crippen MR) is 120 cm³/mol. The molecule has 1 aromatic carbocycles. The number of hydrogen-bond donors (Lipinski definition) is 0. The molecule has 0 N–H and O–H groups in total. The summed E-state index contributed by atoms with van der Waals surface area (Å²) in [6, 6.07) is 9.80. The molecule has 8 atom stereocenters. The Labute approximate surface area is 186 Å². The molecule has 4 fully saturated rings. The number of rotatable bonds is 2. The molecule has 4 nitrogen and oxygen atoms in total. The van der Waals surface area contributed by atoms with Gasteiger partial charge in [0.05, 0.1) is 18.1 Å². The van der Waals surface area contributed by atoms with Gasteiger partial charge in [-0.25, -0.2) is 0 Å². The fourth-order valence-electron chi connectivity index (χ4n) is 8.38. The second kappa shape index (κ2) is 7.26. The summed E-state index contributed by atoms with van der Waals surface area (Å²) in [4.78, 5) is 15.0. The molecule has 31 heavy (non-hydrogen) atoms. The van der Waals surface area contributed by atoms with Crippen LogP contribution in [0, 0.1) is 45.8 Å². The first-order valence-corrected chi connectivity index (χ1v) is 12.2. The number of nitriles is 1. The number of piperidine rings is 1. The van der Waals surface area contributed by atoms with Gasteiger partial charge < -0.3 is 9.64 Å². The van der Waals surface area contributed by atoms with Crippen molar-refractivity contribution in [3.05, 3.63) is 29.8 Å². The average Bonchev–Trinajstić information content (AvgIpc) is 3.16. The van der Waals surface area contributed by atoms with Crippen molar-refractivity contribution in [2.75, 3.05) is 7.05 Å². The number of nitrogens with zero attached hydrogens (tertiary/aromatic N) is 2. The summed E-state index contributed by atoms with van der Waals surface area (Å²) in [6.45, 7) is 7.42. The van der Waals surface area contributed by atoms with Gasteiger partial charge in [-0.05, 0) is 85.5 Å². The van der Waals surface area contributed by atoms with Crippen molar-refractivity contribution in [1.82, 2.24) is 4.90 Å². The fourth-order valence-corrected chi connectivity index (χ4v) is 8.38. The van der Waals surface area contributed by atoms with E-state index in [4.69, 9.17) is 10.00 Å². The predicted octanol–water partition coefficient (Wildman–Crippen LogP) is 5.42. The summed E-state index contributed by atoms with van der Waals surface area (Å²) in [7, 11) is 2.01. The fraction of sp³-hybridized carbons (Fsp3) is 0.704. The number of hydrogen-bond acceptors (Lipinski definition) is 3. The second-order valence-corrected chi connectivity index (χ2v) is 11.4. The van der Waals surface area contributed by atoms with Crippen molar-refractivity contribution in [3.63, 3.8) is 0 Å². The first-order valence-electron chi connectivity index (χ1n) is 12.2. The van der Waals surface area contributed by atoms with Gasteiger partial charge in [-0.1, -0.05) is 27.2 Å². The molecule has 0 aromatic heterocycles. The Morgan fingerprint density at radius 2 is 1.87 bits per heavy atom. The van der Waals surface area contributed by atoms with E-state index in [-0.39, 0.29) is 23.5 Å². The molecule has 1 aliphatic heterocycles. The third-order valence-corrected chi connectivity index (χ3v) is 10.1. The van der Waals surface area contributed by atoms with E-state index >= 15 is 0 Å². The first-order chi connectivity index (χ1) is 14.8. The van der Waals surface area contributed by atoms with Gasteiger partial charge in [0.2, 0.25) is 5.91 Å². The van der Waals surface area contributed by atoms with Crippen LogP contribution in [-0.2, 0) is 4.79 Å². The van der Waals surface area contributed by atoms with Crippen LogP contribution in [0.5, 0.6) is 5.75 Å². The van der Waals surface area contributed by atoms with Crippen LogP contribution in [0.1, 0.15) is 71.3 Å². The van der Waals surface area contributed by atoms with Crippen LogP contribution in [-0.4, -0.2) is 30.0 Å². The molecule has 166 valence electrons. The number of carbonyl (C=O) groups is 1. The summed E-state index contributed by atoms with van der Waals surface area (Å²) in [5, 5.41) is 9.12. The summed E-state index contributed by atoms with van der Waals surface area (Å²) in [5.74, 6) is 3.77. The monoisotopic (exact) mass is 420 g/mol. The number of fused-ring (bicyclic) bond motifs is 5. The van der Waals surface area contributed by atoms with E-state index in [1.807, 2.05) is 36.2 Å². The van der Waals surface area contributed by atoms with Crippen LogP contribution in [0.15, 0.2) is 24.3 Å². The Morgan fingerprint density at radius 1 is 1.13 bits per heavy atom. The zero-order valence-electron chi connectivity index (χ0n) is 19.4. The van der Waals surface area contributed by atoms with Gasteiger partial charge in [-0.3, -0.25) is 4.79 Å². The Kier molecular flexibility index (Phi) is 4.88. The van der Waals surface area contributed by atoms with E-state index in [1.165, 1.54) is 32.1 Å². The molecule has 5 rings (SSSR count). The summed E-state index contributed by atoms with van der Waals surface area (Å²) in [5.41, 5.74) is 1.10. The van der Waals surface area contributed by atoms with E-state index in [0.29, 0.717) is 29.2 Å². The molecule has 0 radical (unpaired) electrons. The van der Waals surface area contributed by atoms with Gasteiger partial charge in [0.25, 0.3) is 0 Å². The largest absolute Gasteiger partial charge is 0.489 e. The molecular formula is C27H36N2O2. The SMILES string of the molecule is CC1CC2N(C)C(=O)CC(Oc3ccc(C#N)cc3)[C@]2(C)[C@@H]2CC[C@]3(C)CCC[C@H]3[C@H]12. The number of ether oxygens (including phenoxy) is 1. The minimum absolute atomic E-state index is 0.0440. The highest BCUT2D eigenvalue weighted by molar-refractivity contribution is 5.78. The maximum atomic E-state index is 13.0. The number of amides is 1. The van der Waals surface area contributed by atoms with E-state index in [9.17, 15) is 4.79 Å². The molecular weight excluding hydrogens is 384 g/mol. The summed E-state index contributed by atoms with van der Waals surface area (Å²) in [6.07, 6.45) is 8.12. The van der Waals surface area contributed by atoms with E-state index < -0.39 is 0 Å². The van der Waals surface area contributed by atoms with Crippen molar-refractivity contribution in [2.45, 2.75) is 77.9 Å². The van der Waals surface area contributed by atoms with E-state index in [0.717, 1.165) is 24.0 Å². The van der Waals surface area contributed by atoms with Crippen LogP contribution in [0.2, 0.25) is 0 Å². The Hall–Kier alpha value is -2.02. The number of benzene rings is 1. The Bertz CT molecular complexity index is 905. The maximum absolute atomic E-state index is 13.0. The lowest BCUT2D eigenvalue weighted by molar-refractivity contribution is -0.189. The third kappa shape index (κ3) is 3.03. The topological polar surface area (TPSA) is 53.3 Å². The maximum Gasteiger partial charge on any atom is 0.226 e. The van der Waals surface area contributed by atoms with Crippen molar-refractivity contribution >= 4 is 5.91 Å². The smallest absolute Gasteiger partial charge is 0.226 e. The van der Waals surface area contributed by atoms with Crippen molar-refractivity contribution in [1.29, 1.82) is 5.26 Å². The molecule has 3 aliphatic carbocycles.